The van der Waals surface area contributed by atoms with E-state index in [0.29, 0.717) is 34.5 Å². The predicted molar refractivity (Wildman–Crippen MR) is 111 cm³/mol. The van der Waals surface area contributed by atoms with Gasteiger partial charge in [0, 0.05) is 28.5 Å². The maximum atomic E-state index is 13.1. The van der Waals surface area contributed by atoms with E-state index >= 15 is 0 Å². The molecule has 1 fully saturated rings. The number of carbonyl (C=O) groups is 2. The Balaban J connectivity index is 1.57. The maximum absolute atomic E-state index is 13.1. The lowest BCUT2D eigenvalue weighted by Crippen LogP contribution is -2.41. The highest BCUT2D eigenvalue weighted by Crippen LogP contribution is 2.29. The summed E-state index contributed by atoms with van der Waals surface area (Å²) in [4.78, 5) is 36.3. The standard InChI is InChI=1S/C20H20ClN5O2S/c1-12-11-13(2)26-19(22-12)23-20(24-26)29-16-5-3-4-10-25(18(16)28)17(27)14-6-8-15(21)9-7-14/h6-9,11,16H,3-5,10H2,1-2H3/t16-/m0/s1. The number of likely N-dealkylation sites (tertiary alicyclic amines) is 1. The number of nitrogens with zero attached hydrogens (tertiary/aromatic N) is 5. The Morgan fingerprint density at radius 2 is 1.93 bits per heavy atom. The topological polar surface area (TPSA) is 80.5 Å². The zero-order chi connectivity index (χ0) is 20.5. The van der Waals surface area contributed by atoms with Gasteiger partial charge in [0.05, 0.1) is 5.25 Å². The molecule has 0 aliphatic carbocycles. The molecule has 9 heteroatoms. The third kappa shape index (κ3) is 4.13. The van der Waals surface area contributed by atoms with E-state index in [1.807, 2.05) is 19.9 Å². The Bertz CT molecular complexity index is 1080. The van der Waals surface area contributed by atoms with Crippen LogP contribution >= 0.6 is 23.4 Å². The molecule has 1 aromatic carbocycles. The number of rotatable bonds is 3. The lowest BCUT2D eigenvalue weighted by molar-refractivity contribution is -0.127. The fraction of sp³-hybridized carbons (Fsp3) is 0.350. The van der Waals surface area contributed by atoms with Crippen molar-refractivity contribution >= 4 is 41.0 Å². The monoisotopic (exact) mass is 429 g/mol. The molecule has 0 N–H and O–H groups in total. The normalized spacial score (nSPS) is 17.6. The third-order valence-corrected chi connectivity index (χ3v) is 6.18. The highest BCUT2D eigenvalue weighted by molar-refractivity contribution is 8.00. The number of amides is 2. The minimum Gasteiger partial charge on any atom is -0.278 e. The first-order valence-electron chi connectivity index (χ1n) is 9.41. The summed E-state index contributed by atoms with van der Waals surface area (Å²) in [7, 11) is 0. The fourth-order valence-corrected chi connectivity index (χ4v) is 4.55. The molecule has 0 spiro atoms. The van der Waals surface area contributed by atoms with Crippen molar-refractivity contribution < 1.29 is 9.59 Å². The molecule has 1 aliphatic heterocycles. The number of carbonyl (C=O) groups excluding carboxylic acids is 2. The van der Waals surface area contributed by atoms with Crippen LogP contribution in [0.1, 0.15) is 41.0 Å². The summed E-state index contributed by atoms with van der Waals surface area (Å²) in [5.41, 5.74) is 2.25. The summed E-state index contributed by atoms with van der Waals surface area (Å²) in [6, 6.07) is 8.53. The van der Waals surface area contributed by atoms with Crippen molar-refractivity contribution in [3.05, 3.63) is 52.3 Å². The van der Waals surface area contributed by atoms with Crippen molar-refractivity contribution in [2.24, 2.45) is 0 Å². The SMILES string of the molecule is Cc1cc(C)n2nc(S[C@H]3CCCCN(C(=O)c4ccc(Cl)cc4)C3=O)nc2n1. The van der Waals surface area contributed by atoms with Gasteiger partial charge in [-0.2, -0.15) is 4.98 Å². The van der Waals surface area contributed by atoms with Crippen LogP contribution < -0.4 is 0 Å². The van der Waals surface area contributed by atoms with Gasteiger partial charge in [-0.25, -0.2) is 9.50 Å². The number of benzene rings is 1. The summed E-state index contributed by atoms with van der Waals surface area (Å²) < 4.78 is 1.67. The van der Waals surface area contributed by atoms with E-state index in [-0.39, 0.29) is 11.8 Å². The number of aromatic nitrogens is 4. The Kier molecular flexibility index (Phi) is 5.56. The molecule has 3 heterocycles. The molecule has 29 heavy (non-hydrogen) atoms. The Morgan fingerprint density at radius 1 is 1.17 bits per heavy atom. The van der Waals surface area contributed by atoms with E-state index in [9.17, 15) is 9.59 Å². The first kappa shape index (κ1) is 19.8. The molecule has 0 bridgehead atoms. The minimum atomic E-state index is -0.410. The van der Waals surface area contributed by atoms with Gasteiger partial charge in [0.2, 0.25) is 11.1 Å². The van der Waals surface area contributed by atoms with E-state index in [1.54, 1.807) is 28.8 Å². The summed E-state index contributed by atoms with van der Waals surface area (Å²) in [5, 5.41) is 5.12. The molecule has 2 amide bonds. The smallest absolute Gasteiger partial charge is 0.260 e. The predicted octanol–water partition coefficient (Wildman–Crippen LogP) is 3.71. The molecule has 2 aromatic heterocycles. The summed E-state index contributed by atoms with van der Waals surface area (Å²) in [6.07, 6.45) is 2.31. The van der Waals surface area contributed by atoms with Gasteiger partial charge in [-0.3, -0.25) is 14.5 Å². The molecule has 7 nitrogen and oxygen atoms in total. The second kappa shape index (κ2) is 8.12. The maximum Gasteiger partial charge on any atom is 0.260 e. The van der Waals surface area contributed by atoms with Crippen LogP contribution in [-0.2, 0) is 4.79 Å². The van der Waals surface area contributed by atoms with Crippen LogP contribution in [0.3, 0.4) is 0 Å². The third-order valence-electron chi connectivity index (χ3n) is 4.82. The Labute approximate surface area is 177 Å². The van der Waals surface area contributed by atoms with Crippen LogP contribution in [0, 0.1) is 13.8 Å². The number of aryl methyl sites for hydroxylation is 2. The Morgan fingerprint density at radius 3 is 2.69 bits per heavy atom. The van der Waals surface area contributed by atoms with Gasteiger partial charge in [0.15, 0.2) is 0 Å². The van der Waals surface area contributed by atoms with Crippen LogP contribution in [0.2, 0.25) is 5.02 Å². The van der Waals surface area contributed by atoms with E-state index < -0.39 is 5.25 Å². The number of imide groups is 1. The minimum absolute atomic E-state index is 0.202. The van der Waals surface area contributed by atoms with Crippen LogP contribution in [0.5, 0.6) is 0 Å². The molecule has 4 rings (SSSR count). The molecular weight excluding hydrogens is 410 g/mol. The number of fused-ring (bicyclic) bond motifs is 1. The van der Waals surface area contributed by atoms with Gasteiger partial charge in [0.25, 0.3) is 11.7 Å². The van der Waals surface area contributed by atoms with E-state index in [2.05, 4.69) is 15.1 Å². The first-order valence-corrected chi connectivity index (χ1v) is 10.7. The fourth-order valence-electron chi connectivity index (χ4n) is 3.39. The molecule has 1 saturated heterocycles. The molecule has 0 unspecified atom stereocenters. The Hall–Kier alpha value is -2.45. The highest BCUT2D eigenvalue weighted by atomic mass is 35.5. The van der Waals surface area contributed by atoms with Crippen molar-refractivity contribution in [1.82, 2.24) is 24.5 Å². The molecular formula is C20H20ClN5O2S. The van der Waals surface area contributed by atoms with E-state index in [0.717, 1.165) is 24.2 Å². The molecule has 150 valence electrons. The number of thioether (sulfide) groups is 1. The van der Waals surface area contributed by atoms with Crippen molar-refractivity contribution in [1.29, 1.82) is 0 Å². The number of hydrogen-bond acceptors (Lipinski definition) is 6. The highest BCUT2D eigenvalue weighted by Gasteiger charge is 2.33. The van der Waals surface area contributed by atoms with Crippen LogP contribution in [0.15, 0.2) is 35.5 Å². The van der Waals surface area contributed by atoms with Crippen molar-refractivity contribution in [2.45, 2.75) is 43.5 Å². The molecule has 0 radical (unpaired) electrons. The molecule has 3 aromatic rings. The summed E-state index contributed by atoms with van der Waals surface area (Å²) in [6.45, 7) is 4.26. The lowest BCUT2D eigenvalue weighted by Gasteiger charge is -2.21. The van der Waals surface area contributed by atoms with Crippen molar-refractivity contribution in [3.63, 3.8) is 0 Å². The van der Waals surface area contributed by atoms with Gasteiger partial charge < -0.3 is 0 Å². The molecule has 0 saturated carbocycles. The van der Waals surface area contributed by atoms with Crippen LogP contribution in [0.4, 0.5) is 0 Å². The quantitative estimate of drug-likeness (QED) is 0.590. The summed E-state index contributed by atoms with van der Waals surface area (Å²) >= 11 is 7.21. The van der Waals surface area contributed by atoms with Gasteiger partial charge in [-0.15, -0.1) is 5.10 Å². The lowest BCUT2D eigenvalue weighted by atomic mass is 10.2. The average molecular weight is 430 g/mol. The summed E-state index contributed by atoms with van der Waals surface area (Å²) in [5.74, 6) is 0.0163. The van der Waals surface area contributed by atoms with Gasteiger partial charge in [-0.1, -0.05) is 29.8 Å². The van der Waals surface area contributed by atoms with E-state index in [1.165, 1.54) is 16.7 Å². The number of hydrogen-bond donors (Lipinski definition) is 0. The van der Waals surface area contributed by atoms with Gasteiger partial charge in [-0.05, 0) is 57.0 Å². The van der Waals surface area contributed by atoms with Crippen molar-refractivity contribution in [3.8, 4) is 0 Å². The second-order valence-electron chi connectivity index (χ2n) is 7.05. The molecule has 1 aliphatic rings. The van der Waals surface area contributed by atoms with Gasteiger partial charge >= 0.3 is 0 Å². The largest absolute Gasteiger partial charge is 0.278 e. The van der Waals surface area contributed by atoms with E-state index in [4.69, 9.17) is 11.6 Å². The first-order chi connectivity index (χ1) is 13.9. The number of halogens is 1. The van der Waals surface area contributed by atoms with Gasteiger partial charge in [0.1, 0.15) is 0 Å². The van der Waals surface area contributed by atoms with Crippen molar-refractivity contribution in [2.75, 3.05) is 6.54 Å². The zero-order valence-electron chi connectivity index (χ0n) is 16.1. The van der Waals surface area contributed by atoms with Crippen LogP contribution in [-0.4, -0.2) is 48.1 Å². The van der Waals surface area contributed by atoms with Crippen LogP contribution in [0.25, 0.3) is 5.78 Å². The molecule has 1 atom stereocenters. The zero-order valence-corrected chi connectivity index (χ0v) is 17.7. The average Bonchev–Trinajstić information content (AvgIpc) is 3.00. The second-order valence-corrected chi connectivity index (χ2v) is 8.66.